The fourth-order valence-electron chi connectivity index (χ4n) is 1.59. The summed E-state index contributed by atoms with van der Waals surface area (Å²) in [5.41, 5.74) is 1.99. The van der Waals surface area contributed by atoms with Crippen molar-refractivity contribution in [3.63, 3.8) is 0 Å². The van der Waals surface area contributed by atoms with Gasteiger partial charge in [0, 0.05) is 38.1 Å². The molecule has 14 heavy (non-hydrogen) atoms. The van der Waals surface area contributed by atoms with E-state index in [1.165, 1.54) is 0 Å². The minimum atomic E-state index is 0.628. The number of hydrogen-bond donors (Lipinski definition) is 1. The highest BCUT2D eigenvalue weighted by molar-refractivity contribution is 5.01. The smallest absolute Gasteiger partial charge is 0.0724 e. The van der Waals surface area contributed by atoms with Crippen molar-refractivity contribution in [2.45, 2.75) is 19.5 Å². The van der Waals surface area contributed by atoms with Crippen LogP contribution in [0.4, 0.5) is 0 Å². The van der Waals surface area contributed by atoms with Crippen molar-refractivity contribution >= 4 is 0 Å². The van der Waals surface area contributed by atoms with Crippen LogP contribution < -0.4 is 5.32 Å². The molecule has 0 saturated carbocycles. The molecule has 0 amide bonds. The van der Waals surface area contributed by atoms with E-state index in [1.807, 2.05) is 19.3 Å². The minimum Gasteiger partial charge on any atom is -0.306 e. The molecule has 76 valence electrons. The Morgan fingerprint density at radius 2 is 2.21 bits per heavy atom. The van der Waals surface area contributed by atoms with Gasteiger partial charge in [-0.3, -0.25) is 9.97 Å². The van der Waals surface area contributed by atoms with Crippen molar-refractivity contribution in [3.05, 3.63) is 23.8 Å². The molecule has 0 unspecified atom stereocenters. The summed E-state index contributed by atoms with van der Waals surface area (Å²) >= 11 is 0. The molecule has 0 radical (unpaired) electrons. The molecule has 1 aromatic heterocycles. The van der Waals surface area contributed by atoms with Crippen LogP contribution in [-0.2, 0) is 6.54 Å². The Hall–Kier alpha value is -1.00. The first kappa shape index (κ1) is 9.55. The molecule has 1 fully saturated rings. The van der Waals surface area contributed by atoms with Crippen molar-refractivity contribution in [2.75, 3.05) is 20.1 Å². The van der Waals surface area contributed by atoms with Crippen molar-refractivity contribution in [2.24, 2.45) is 0 Å². The number of aromatic nitrogens is 2. The summed E-state index contributed by atoms with van der Waals surface area (Å²) in [4.78, 5) is 10.8. The molecule has 0 spiro atoms. The normalized spacial score (nSPS) is 18.1. The molecule has 2 heterocycles. The molecule has 4 heteroatoms. The van der Waals surface area contributed by atoms with Crippen LogP contribution in [0.3, 0.4) is 0 Å². The van der Waals surface area contributed by atoms with Crippen LogP contribution in [0.1, 0.15) is 11.4 Å². The third-order valence-electron chi connectivity index (χ3n) is 2.47. The second-order valence-corrected chi connectivity index (χ2v) is 3.95. The second-order valence-electron chi connectivity index (χ2n) is 3.95. The van der Waals surface area contributed by atoms with Crippen molar-refractivity contribution in [1.82, 2.24) is 20.2 Å². The topological polar surface area (TPSA) is 41.1 Å². The first-order valence-electron chi connectivity index (χ1n) is 4.93. The van der Waals surface area contributed by atoms with Gasteiger partial charge in [-0.2, -0.15) is 0 Å². The van der Waals surface area contributed by atoms with Gasteiger partial charge in [-0.25, -0.2) is 0 Å². The van der Waals surface area contributed by atoms with E-state index in [4.69, 9.17) is 0 Å². The van der Waals surface area contributed by atoms with Gasteiger partial charge in [0.15, 0.2) is 0 Å². The van der Waals surface area contributed by atoms with Crippen molar-refractivity contribution in [1.29, 1.82) is 0 Å². The largest absolute Gasteiger partial charge is 0.306 e. The summed E-state index contributed by atoms with van der Waals surface area (Å²) in [5.74, 6) is 0. The van der Waals surface area contributed by atoms with Gasteiger partial charge in [0.05, 0.1) is 11.4 Å². The fourth-order valence-corrected chi connectivity index (χ4v) is 1.59. The van der Waals surface area contributed by atoms with Crippen LogP contribution in [-0.4, -0.2) is 41.0 Å². The van der Waals surface area contributed by atoms with Crippen molar-refractivity contribution < 1.29 is 0 Å². The molecule has 2 rings (SSSR count). The van der Waals surface area contributed by atoms with Crippen LogP contribution in [0.5, 0.6) is 0 Å². The number of aryl methyl sites for hydroxylation is 1. The van der Waals surface area contributed by atoms with Gasteiger partial charge < -0.3 is 10.2 Å². The van der Waals surface area contributed by atoms with E-state index in [2.05, 4.69) is 27.2 Å². The third-order valence-corrected chi connectivity index (χ3v) is 2.47. The zero-order chi connectivity index (χ0) is 9.97. The van der Waals surface area contributed by atoms with E-state index in [0.717, 1.165) is 31.0 Å². The Balaban J connectivity index is 1.78. The first-order chi connectivity index (χ1) is 6.74. The highest BCUT2D eigenvalue weighted by atomic mass is 15.2. The number of likely N-dealkylation sites (tertiary alicyclic amines) is 1. The van der Waals surface area contributed by atoms with E-state index >= 15 is 0 Å². The second kappa shape index (κ2) is 4.02. The number of rotatable bonds is 3. The lowest BCUT2D eigenvalue weighted by molar-refractivity contribution is 0.160. The van der Waals surface area contributed by atoms with Crippen LogP contribution >= 0.6 is 0 Å². The molecule has 1 N–H and O–H groups in total. The van der Waals surface area contributed by atoms with E-state index in [9.17, 15) is 0 Å². The predicted octanol–water partition coefficient (Wildman–Crippen LogP) is 0.189. The summed E-state index contributed by atoms with van der Waals surface area (Å²) in [7, 11) is 2.13. The van der Waals surface area contributed by atoms with E-state index < -0.39 is 0 Å². The summed E-state index contributed by atoms with van der Waals surface area (Å²) in [5, 5.41) is 3.44. The van der Waals surface area contributed by atoms with E-state index in [-0.39, 0.29) is 0 Å². The molecule has 0 bridgehead atoms. The van der Waals surface area contributed by atoms with Crippen molar-refractivity contribution in [3.8, 4) is 0 Å². The Bertz CT molecular complexity index is 289. The Morgan fingerprint density at radius 1 is 1.43 bits per heavy atom. The van der Waals surface area contributed by atoms with Crippen LogP contribution in [0, 0.1) is 6.92 Å². The average molecular weight is 192 g/mol. The highest BCUT2D eigenvalue weighted by Crippen LogP contribution is 2.04. The molecule has 0 atom stereocenters. The number of nitrogens with zero attached hydrogens (tertiary/aromatic N) is 3. The van der Waals surface area contributed by atoms with E-state index in [1.54, 1.807) is 0 Å². The zero-order valence-electron chi connectivity index (χ0n) is 8.70. The summed E-state index contributed by atoms with van der Waals surface area (Å²) in [6.45, 7) is 5.05. The predicted molar refractivity (Wildman–Crippen MR) is 54.9 cm³/mol. The Labute approximate surface area is 84.4 Å². The summed E-state index contributed by atoms with van der Waals surface area (Å²) in [6.07, 6.45) is 3.65. The minimum absolute atomic E-state index is 0.628. The SMILES string of the molecule is Cc1cnc(CNC2CN(C)C2)cn1. The number of nitrogens with one attached hydrogen (secondary N) is 1. The van der Waals surface area contributed by atoms with E-state index in [0.29, 0.717) is 6.04 Å². The molecule has 1 aliphatic rings. The monoisotopic (exact) mass is 192 g/mol. The Morgan fingerprint density at radius 3 is 2.79 bits per heavy atom. The molecule has 0 aliphatic carbocycles. The molecule has 4 nitrogen and oxygen atoms in total. The molecule has 0 aromatic carbocycles. The Kier molecular flexibility index (Phi) is 2.74. The lowest BCUT2D eigenvalue weighted by Gasteiger charge is -2.36. The van der Waals surface area contributed by atoms with Crippen LogP contribution in [0.25, 0.3) is 0 Å². The molecule has 1 aliphatic heterocycles. The van der Waals surface area contributed by atoms with Crippen LogP contribution in [0.2, 0.25) is 0 Å². The van der Waals surface area contributed by atoms with Gasteiger partial charge in [-0.1, -0.05) is 0 Å². The van der Waals surface area contributed by atoms with Gasteiger partial charge in [0.2, 0.25) is 0 Å². The molecule has 1 aromatic rings. The van der Waals surface area contributed by atoms with Gasteiger partial charge in [0.1, 0.15) is 0 Å². The molecular weight excluding hydrogens is 176 g/mol. The maximum atomic E-state index is 4.29. The first-order valence-corrected chi connectivity index (χ1v) is 4.93. The maximum Gasteiger partial charge on any atom is 0.0724 e. The fraction of sp³-hybridized carbons (Fsp3) is 0.600. The average Bonchev–Trinajstić information content (AvgIpc) is 2.13. The lowest BCUT2D eigenvalue weighted by Crippen LogP contribution is -2.55. The number of hydrogen-bond acceptors (Lipinski definition) is 4. The summed E-state index contributed by atoms with van der Waals surface area (Å²) in [6, 6.07) is 0.628. The molecule has 1 saturated heterocycles. The van der Waals surface area contributed by atoms with Gasteiger partial charge >= 0.3 is 0 Å². The van der Waals surface area contributed by atoms with Gasteiger partial charge in [0.25, 0.3) is 0 Å². The van der Waals surface area contributed by atoms with Gasteiger partial charge in [-0.15, -0.1) is 0 Å². The standard InChI is InChI=1S/C10H16N4/c1-8-3-12-9(4-11-8)5-13-10-6-14(2)7-10/h3-4,10,13H,5-7H2,1-2H3. The maximum absolute atomic E-state index is 4.29. The highest BCUT2D eigenvalue weighted by Gasteiger charge is 2.21. The lowest BCUT2D eigenvalue weighted by atomic mass is 10.1. The number of likely N-dealkylation sites (N-methyl/N-ethyl adjacent to an activating group) is 1. The van der Waals surface area contributed by atoms with Crippen LogP contribution in [0.15, 0.2) is 12.4 Å². The zero-order valence-corrected chi connectivity index (χ0v) is 8.70. The van der Waals surface area contributed by atoms with Gasteiger partial charge in [-0.05, 0) is 14.0 Å². The molecular formula is C10H16N4. The quantitative estimate of drug-likeness (QED) is 0.742. The third kappa shape index (κ3) is 2.27. The summed E-state index contributed by atoms with van der Waals surface area (Å²) < 4.78 is 0.